The Bertz CT molecular complexity index is 513. The van der Waals surface area contributed by atoms with Crippen LogP contribution in [0.2, 0.25) is 0 Å². The third-order valence-corrected chi connectivity index (χ3v) is 4.25. The van der Waals surface area contributed by atoms with Gasteiger partial charge in [0, 0.05) is 48.2 Å². The van der Waals surface area contributed by atoms with Gasteiger partial charge >= 0.3 is 0 Å². The Morgan fingerprint density at radius 3 is 2.78 bits per heavy atom. The summed E-state index contributed by atoms with van der Waals surface area (Å²) in [7, 11) is 2.04. The zero-order chi connectivity index (χ0) is 13.1. The molecule has 0 fully saturated rings. The molecule has 0 aliphatic carbocycles. The average molecular weight is 263 g/mol. The molecular formula is C14H21N3S. The van der Waals surface area contributed by atoms with Gasteiger partial charge in [-0.05, 0) is 32.4 Å². The van der Waals surface area contributed by atoms with Crippen LogP contribution in [0.15, 0.2) is 18.5 Å². The first kappa shape index (κ1) is 13.3. The van der Waals surface area contributed by atoms with E-state index >= 15 is 0 Å². The Morgan fingerprint density at radius 2 is 2.22 bits per heavy atom. The standard InChI is InChI=1S/C14H21N3S/c1-10-9-13(12(3)18-10)11(2)15-6-5-14-16-7-8-17(14)4/h7-9,11,15H,5-6H2,1-4H3. The summed E-state index contributed by atoms with van der Waals surface area (Å²) in [6, 6.07) is 2.70. The second-order valence-corrected chi connectivity index (χ2v) is 6.21. The van der Waals surface area contributed by atoms with Crippen molar-refractivity contribution in [1.82, 2.24) is 14.9 Å². The highest BCUT2D eigenvalue weighted by Gasteiger charge is 2.10. The Hall–Kier alpha value is -1.13. The van der Waals surface area contributed by atoms with Crippen LogP contribution in [0.3, 0.4) is 0 Å². The Kier molecular flexibility index (Phi) is 4.19. The normalized spacial score (nSPS) is 12.9. The zero-order valence-electron chi connectivity index (χ0n) is 11.5. The van der Waals surface area contributed by atoms with Crippen LogP contribution in [0.1, 0.15) is 34.1 Å². The number of rotatable bonds is 5. The second-order valence-electron chi connectivity index (χ2n) is 4.75. The monoisotopic (exact) mass is 263 g/mol. The van der Waals surface area contributed by atoms with Gasteiger partial charge in [-0.2, -0.15) is 0 Å². The second kappa shape index (κ2) is 5.67. The molecule has 0 saturated carbocycles. The van der Waals surface area contributed by atoms with Crippen molar-refractivity contribution in [2.45, 2.75) is 33.2 Å². The van der Waals surface area contributed by atoms with E-state index in [9.17, 15) is 0 Å². The van der Waals surface area contributed by atoms with Gasteiger partial charge in [-0.1, -0.05) is 0 Å². The van der Waals surface area contributed by atoms with Crippen LogP contribution < -0.4 is 5.32 Å². The SMILES string of the molecule is Cc1cc(C(C)NCCc2nccn2C)c(C)s1. The zero-order valence-corrected chi connectivity index (χ0v) is 12.3. The number of aromatic nitrogens is 2. The van der Waals surface area contributed by atoms with E-state index in [2.05, 4.69) is 41.7 Å². The number of nitrogens with one attached hydrogen (secondary N) is 1. The van der Waals surface area contributed by atoms with Gasteiger partial charge in [0.25, 0.3) is 0 Å². The molecule has 1 atom stereocenters. The van der Waals surface area contributed by atoms with Crippen molar-refractivity contribution >= 4 is 11.3 Å². The van der Waals surface area contributed by atoms with Crippen LogP contribution in [0.25, 0.3) is 0 Å². The van der Waals surface area contributed by atoms with E-state index in [1.54, 1.807) is 0 Å². The predicted molar refractivity (Wildman–Crippen MR) is 77.1 cm³/mol. The number of aryl methyl sites for hydroxylation is 3. The number of thiophene rings is 1. The third-order valence-electron chi connectivity index (χ3n) is 3.27. The third kappa shape index (κ3) is 3.00. The van der Waals surface area contributed by atoms with Crippen LogP contribution >= 0.6 is 11.3 Å². The van der Waals surface area contributed by atoms with Gasteiger partial charge in [0.15, 0.2) is 0 Å². The highest BCUT2D eigenvalue weighted by Crippen LogP contribution is 2.25. The first-order chi connectivity index (χ1) is 8.58. The smallest absolute Gasteiger partial charge is 0.109 e. The molecular weight excluding hydrogens is 242 g/mol. The van der Waals surface area contributed by atoms with Crippen LogP contribution in [-0.4, -0.2) is 16.1 Å². The van der Waals surface area contributed by atoms with Crippen LogP contribution in [0.4, 0.5) is 0 Å². The molecule has 0 amide bonds. The molecule has 98 valence electrons. The van der Waals surface area contributed by atoms with Crippen molar-refractivity contribution in [3.8, 4) is 0 Å². The number of imidazole rings is 1. The summed E-state index contributed by atoms with van der Waals surface area (Å²) in [6.07, 6.45) is 4.81. The van der Waals surface area contributed by atoms with E-state index in [-0.39, 0.29) is 0 Å². The average Bonchev–Trinajstić information content (AvgIpc) is 2.85. The van der Waals surface area contributed by atoms with E-state index in [1.807, 2.05) is 30.8 Å². The van der Waals surface area contributed by atoms with Gasteiger partial charge in [0.1, 0.15) is 5.82 Å². The van der Waals surface area contributed by atoms with Gasteiger partial charge in [0.05, 0.1) is 0 Å². The Labute approximate surface area is 113 Å². The molecule has 2 heterocycles. The maximum atomic E-state index is 4.33. The van der Waals surface area contributed by atoms with Crippen LogP contribution in [0, 0.1) is 13.8 Å². The molecule has 1 unspecified atom stereocenters. The lowest BCUT2D eigenvalue weighted by molar-refractivity contribution is 0.564. The van der Waals surface area contributed by atoms with Crippen molar-refractivity contribution in [2.75, 3.05) is 6.54 Å². The summed E-state index contributed by atoms with van der Waals surface area (Å²) in [6.45, 7) is 7.55. The largest absolute Gasteiger partial charge is 0.338 e. The first-order valence-electron chi connectivity index (χ1n) is 6.34. The Balaban J connectivity index is 1.87. The first-order valence-corrected chi connectivity index (χ1v) is 7.16. The predicted octanol–water partition coefficient (Wildman–Crippen LogP) is 2.99. The maximum Gasteiger partial charge on any atom is 0.109 e. The number of hydrogen-bond acceptors (Lipinski definition) is 3. The molecule has 3 nitrogen and oxygen atoms in total. The van der Waals surface area contributed by atoms with Gasteiger partial charge in [0.2, 0.25) is 0 Å². The summed E-state index contributed by atoms with van der Waals surface area (Å²) in [5.74, 6) is 1.13. The quantitative estimate of drug-likeness (QED) is 0.898. The molecule has 1 N–H and O–H groups in total. The van der Waals surface area contributed by atoms with Gasteiger partial charge in [-0.25, -0.2) is 4.98 Å². The summed E-state index contributed by atoms with van der Waals surface area (Å²) >= 11 is 1.87. The van der Waals surface area contributed by atoms with E-state index in [0.717, 1.165) is 18.8 Å². The van der Waals surface area contributed by atoms with E-state index in [1.165, 1.54) is 15.3 Å². The fourth-order valence-corrected chi connectivity index (χ4v) is 3.25. The van der Waals surface area contributed by atoms with Crippen molar-refractivity contribution in [1.29, 1.82) is 0 Å². The van der Waals surface area contributed by atoms with E-state index in [4.69, 9.17) is 0 Å². The minimum absolute atomic E-state index is 0.412. The molecule has 0 bridgehead atoms. The summed E-state index contributed by atoms with van der Waals surface area (Å²) < 4.78 is 2.08. The van der Waals surface area contributed by atoms with Crippen molar-refractivity contribution in [3.05, 3.63) is 39.6 Å². The van der Waals surface area contributed by atoms with Gasteiger partial charge < -0.3 is 9.88 Å². The molecule has 0 aromatic carbocycles. The van der Waals surface area contributed by atoms with Crippen LogP contribution in [-0.2, 0) is 13.5 Å². The molecule has 18 heavy (non-hydrogen) atoms. The highest BCUT2D eigenvalue weighted by molar-refractivity contribution is 7.12. The van der Waals surface area contributed by atoms with Gasteiger partial charge in [-0.3, -0.25) is 0 Å². The van der Waals surface area contributed by atoms with E-state index in [0.29, 0.717) is 6.04 Å². The molecule has 0 saturated heterocycles. The van der Waals surface area contributed by atoms with Crippen LogP contribution in [0.5, 0.6) is 0 Å². The minimum Gasteiger partial charge on any atom is -0.338 e. The number of nitrogens with zero attached hydrogens (tertiary/aromatic N) is 2. The molecule has 2 aromatic rings. The molecule has 4 heteroatoms. The Morgan fingerprint density at radius 1 is 1.44 bits per heavy atom. The molecule has 0 radical (unpaired) electrons. The van der Waals surface area contributed by atoms with Crippen molar-refractivity contribution in [2.24, 2.45) is 7.05 Å². The van der Waals surface area contributed by atoms with E-state index < -0.39 is 0 Å². The van der Waals surface area contributed by atoms with Crippen molar-refractivity contribution in [3.63, 3.8) is 0 Å². The summed E-state index contributed by atoms with van der Waals surface area (Å²) in [5.41, 5.74) is 1.43. The molecule has 0 aliphatic rings. The highest BCUT2D eigenvalue weighted by atomic mass is 32.1. The summed E-state index contributed by atoms with van der Waals surface area (Å²) in [5, 5.41) is 3.57. The lowest BCUT2D eigenvalue weighted by atomic mass is 10.1. The topological polar surface area (TPSA) is 29.9 Å². The maximum absolute atomic E-state index is 4.33. The molecule has 0 spiro atoms. The van der Waals surface area contributed by atoms with Crippen molar-refractivity contribution < 1.29 is 0 Å². The fraction of sp³-hybridized carbons (Fsp3) is 0.500. The number of hydrogen-bond donors (Lipinski definition) is 1. The summed E-state index contributed by atoms with van der Waals surface area (Å²) in [4.78, 5) is 7.14. The molecule has 0 aliphatic heterocycles. The lowest BCUT2D eigenvalue weighted by Gasteiger charge is -2.13. The minimum atomic E-state index is 0.412. The fourth-order valence-electron chi connectivity index (χ4n) is 2.23. The molecule has 2 aromatic heterocycles. The van der Waals surface area contributed by atoms with Gasteiger partial charge in [-0.15, -0.1) is 11.3 Å². The molecule has 2 rings (SSSR count). The lowest BCUT2D eigenvalue weighted by Crippen LogP contribution is -2.22.